The first-order valence-electron chi connectivity index (χ1n) is 13.2. The highest BCUT2D eigenvalue weighted by atomic mass is 16.5. The Morgan fingerprint density at radius 1 is 1.18 bits per heavy atom. The molecule has 1 aliphatic carbocycles. The fraction of sp³-hybridized carbons (Fsp3) is 0.467. The van der Waals surface area contributed by atoms with Gasteiger partial charge < -0.3 is 21.5 Å². The van der Waals surface area contributed by atoms with E-state index < -0.39 is 11.6 Å². The van der Waals surface area contributed by atoms with Crippen molar-refractivity contribution in [3.05, 3.63) is 71.5 Å². The topological polar surface area (TPSA) is 137 Å². The van der Waals surface area contributed by atoms with Crippen LogP contribution in [0.3, 0.4) is 0 Å². The smallest absolute Gasteiger partial charge is 0.240 e. The van der Waals surface area contributed by atoms with E-state index >= 15 is 0 Å². The number of ether oxygens (including phenoxy) is 1. The van der Waals surface area contributed by atoms with E-state index in [1.54, 1.807) is 13.8 Å². The summed E-state index contributed by atoms with van der Waals surface area (Å²) in [4.78, 5) is 41.2. The molecule has 0 spiro atoms. The minimum atomic E-state index is -1.05. The van der Waals surface area contributed by atoms with Crippen LogP contribution in [-0.4, -0.2) is 41.5 Å². The molecule has 1 aliphatic heterocycles. The fourth-order valence-corrected chi connectivity index (χ4v) is 4.65. The van der Waals surface area contributed by atoms with E-state index in [0.717, 1.165) is 22.4 Å². The van der Waals surface area contributed by atoms with E-state index in [1.807, 2.05) is 55.6 Å². The first-order chi connectivity index (χ1) is 18.0. The number of fused-ring (bicyclic) bond motifs is 1. The minimum Gasteiger partial charge on any atom is -0.374 e. The summed E-state index contributed by atoms with van der Waals surface area (Å²) in [5.74, 6) is -0.638. The standard InChI is InChI=1S/C30H40N4O4/c1-20(15-27(31)36)14-24(35)13-12-21-10-7-11-23-17-33-28(25(23)16-21)26(34-29(37)30(2,3)32)19-38-18-22-8-5-4-6-9-22/h4-11,17,20,25-26H,12-16,18-19,32H2,1-3H3,(H2,31,36)(H,34,37)/t20?,25?,26-/m1/s1. The zero-order valence-corrected chi connectivity index (χ0v) is 22.6. The van der Waals surface area contributed by atoms with Crippen molar-refractivity contribution < 1.29 is 19.1 Å². The number of carbonyl (C=O) groups excluding carboxylic acids is 3. The number of hydrogen-bond donors (Lipinski definition) is 3. The van der Waals surface area contributed by atoms with Crippen molar-refractivity contribution >= 4 is 23.3 Å². The molecule has 2 amide bonds. The maximum Gasteiger partial charge on any atom is 0.240 e. The Labute approximate surface area is 225 Å². The van der Waals surface area contributed by atoms with Crippen molar-refractivity contribution in [2.45, 2.75) is 71.1 Å². The SMILES string of the molecule is CC(CC(N)=O)CC(=O)CCC1=CC=CC2=CN=C([C@@H](COCc3ccccc3)NC(=O)C(C)(C)N)C2C1. The predicted octanol–water partition coefficient (Wildman–Crippen LogP) is 3.52. The van der Waals surface area contributed by atoms with Gasteiger partial charge in [-0.15, -0.1) is 0 Å². The van der Waals surface area contributed by atoms with Gasteiger partial charge in [0, 0.05) is 31.4 Å². The number of primary amides is 1. The van der Waals surface area contributed by atoms with Gasteiger partial charge in [-0.1, -0.05) is 61.1 Å². The van der Waals surface area contributed by atoms with E-state index in [1.165, 1.54) is 0 Å². The van der Waals surface area contributed by atoms with E-state index in [-0.39, 0.29) is 42.5 Å². The number of benzene rings is 1. The van der Waals surface area contributed by atoms with E-state index in [2.05, 4.69) is 11.4 Å². The third-order valence-corrected chi connectivity index (χ3v) is 6.70. The van der Waals surface area contributed by atoms with Crippen LogP contribution in [0.5, 0.6) is 0 Å². The Morgan fingerprint density at radius 3 is 2.61 bits per heavy atom. The summed E-state index contributed by atoms with van der Waals surface area (Å²) in [7, 11) is 0. The van der Waals surface area contributed by atoms with Gasteiger partial charge in [-0.25, -0.2) is 0 Å². The summed E-state index contributed by atoms with van der Waals surface area (Å²) in [5, 5.41) is 3.05. The first kappa shape index (κ1) is 29.2. The number of nitrogens with two attached hydrogens (primary N) is 2. The van der Waals surface area contributed by atoms with Gasteiger partial charge >= 0.3 is 0 Å². The van der Waals surface area contributed by atoms with Gasteiger partial charge in [0.05, 0.1) is 30.5 Å². The number of rotatable bonds is 14. The van der Waals surface area contributed by atoms with Crippen LogP contribution < -0.4 is 16.8 Å². The third kappa shape index (κ3) is 8.89. The monoisotopic (exact) mass is 520 g/mol. The molecule has 38 heavy (non-hydrogen) atoms. The maximum atomic E-state index is 12.8. The highest BCUT2D eigenvalue weighted by Gasteiger charge is 2.34. The molecule has 3 rings (SSSR count). The van der Waals surface area contributed by atoms with Crippen LogP contribution in [0, 0.1) is 11.8 Å². The Balaban J connectivity index is 1.66. The van der Waals surface area contributed by atoms with Crippen LogP contribution in [0.4, 0.5) is 0 Å². The van der Waals surface area contributed by atoms with Crippen LogP contribution in [-0.2, 0) is 25.7 Å². The summed E-state index contributed by atoms with van der Waals surface area (Å²) >= 11 is 0. The van der Waals surface area contributed by atoms with Gasteiger partial charge in [-0.3, -0.25) is 19.4 Å². The van der Waals surface area contributed by atoms with Gasteiger partial charge in [0.15, 0.2) is 0 Å². The molecule has 5 N–H and O–H groups in total. The number of amides is 2. The number of hydrogen-bond acceptors (Lipinski definition) is 6. The quantitative estimate of drug-likeness (QED) is 0.345. The summed E-state index contributed by atoms with van der Waals surface area (Å²) in [6, 6.07) is 9.41. The van der Waals surface area contributed by atoms with Crippen molar-refractivity contribution in [3.63, 3.8) is 0 Å². The second kappa shape index (κ2) is 13.4. The molecular formula is C30H40N4O4. The summed E-state index contributed by atoms with van der Waals surface area (Å²) < 4.78 is 6.02. The van der Waals surface area contributed by atoms with Gasteiger partial charge in [0.2, 0.25) is 11.8 Å². The highest BCUT2D eigenvalue weighted by Crippen LogP contribution is 2.33. The minimum absolute atomic E-state index is 0.0320. The number of allylic oxidation sites excluding steroid dienone is 5. The molecular weight excluding hydrogens is 480 g/mol. The van der Waals surface area contributed by atoms with Gasteiger partial charge in [-0.05, 0) is 43.7 Å². The molecule has 204 valence electrons. The largest absolute Gasteiger partial charge is 0.374 e. The molecule has 2 aliphatic rings. The molecule has 1 aromatic carbocycles. The van der Waals surface area contributed by atoms with E-state index in [0.29, 0.717) is 32.3 Å². The van der Waals surface area contributed by atoms with Crippen LogP contribution >= 0.6 is 0 Å². The van der Waals surface area contributed by atoms with Crippen molar-refractivity contribution in [2.75, 3.05) is 6.61 Å². The fourth-order valence-electron chi connectivity index (χ4n) is 4.65. The lowest BCUT2D eigenvalue weighted by Gasteiger charge is -2.28. The van der Waals surface area contributed by atoms with E-state index in [4.69, 9.17) is 21.2 Å². The summed E-state index contributed by atoms with van der Waals surface area (Å²) in [5.41, 5.74) is 14.3. The average Bonchev–Trinajstić information content (AvgIpc) is 3.11. The lowest BCUT2D eigenvalue weighted by Crippen LogP contribution is -2.56. The Hall–Kier alpha value is -3.36. The molecule has 0 bridgehead atoms. The second-order valence-electron chi connectivity index (χ2n) is 10.9. The molecule has 0 aromatic heterocycles. The molecule has 8 heteroatoms. The lowest BCUT2D eigenvalue weighted by molar-refractivity contribution is -0.126. The summed E-state index contributed by atoms with van der Waals surface area (Å²) in [6.07, 6.45) is 10.2. The molecule has 0 radical (unpaired) electrons. The van der Waals surface area contributed by atoms with Crippen LogP contribution in [0.2, 0.25) is 0 Å². The van der Waals surface area contributed by atoms with Crippen molar-refractivity contribution in [2.24, 2.45) is 28.3 Å². The second-order valence-corrected chi connectivity index (χ2v) is 10.9. The number of ketones is 1. The molecule has 0 saturated carbocycles. The number of carbonyl (C=O) groups is 3. The molecule has 2 unspecified atom stereocenters. The molecule has 0 fully saturated rings. The van der Waals surface area contributed by atoms with Gasteiger partial charge in [-0.2, -0.15) is 0 Å². The number of Topliss-reactive ketones (excluding diaryl/α,β-unsaturated/α-hetero) is 1. The molecule has 1 aromatic rings. The molecule has 1 heterocycles. The molecule has 3 atom stereocenters. The Kier molecular flexibility index (Phi) is 10.3. The van der Waals surface area contributed by atoms with Crippen molar-refractivity contribution in [3.8, 4) is 0 Å². The Bertz CT molecular complexity index is 1130. The third-order valence-electron chi connectivity index (χ3n) is 6.70. The van der Waals surface area contributed by atoms with Gasteiger partial charge in [0.25, 0.3) is 0 Å². The normalized spacial score (nSPS) is 18.4. The number of nitrogens with zero attached hydrogens (tertiary/aromatic N) is 1. The first-order valence-corrected chi connectivity index (χ1v) is 13.2. The van der Waals surface area contributed by atoms with E-state index in [9.17, 15) is 14.4 Å². The van der Waals surface area contributed by atoms with Crippen molar-refractivity contribution in [1.82, 2.24) is 5.32 Å². The van der Waals surface area contributed by atoms with Crippen LogP contribution in [0.1, 0.15) is 58.4 Å². The molecule has 0 saturated heterocycles. The average molecular weight is 521 g/mol. The number of aliphatic imine (C=N–C) groups is 1. The highest BCUT2D eigenvalue weighted by molar-refractivity contribution is 6.00. The summed E-state index contributed by atoms with van der Waals surface area (Å²) in [6.45, 7) is 5.87. The Morgan fingerprint density at radius 2 is 1.92 bits per heavy atom. The van der Waals surface area contributed by atoms with Gasteiger partial charge in [0.1, 0.15) is 5.78 Å². The maximum absolute atomic E-state index is 12.8. The predicted molar refractivity (Wildman–Crippen MR) is 149 cm³/mol. The zero-order chi connectivity index (χ0) is 27.7. The van der Waals surface area contributed by atoms with Crippen LogP contribution in [0.25, 0.3) is 0 Å². The number of nitrogens with one attached hydrogen (secondary N) is 1. The zero-order valence-electron chi connectivity index (χ0n) is 22.6. The van der Waals surface area contributed by atoms with Crippen molar-refractivity contribution in [1.29, 1.82) is 0 Å². The van der Waals surface area contributed by atoms with Crippen LogP contribution in [0.15, 0.2) is 70.9 Å². The lowest BCUT2D eigenvalue weighted by atomic mass is 9.85. The molecule has 8 nitrogen and oxygen atoms in total.